The molecule has 4 heteroatoms. The number of phenols is 1. The molecule has 0 unspecified atom stereocenters. The highest BCUT2D eigenvalue weighted by Crippen LogP contribution is 2.38. The van der Waals surface area contributed by atoms with Crippen LogP contribution in [0.1, 0.15) is 0 Å². The first-order chi connectivity index (χ1) is 7.59. The fourth-order valence-corrected chi connectivity index (χ4v) is 2.03. The minimum Gasteiger partial charge on any atom is -0.508 e. The second-order valence-corrected chi connectivity index (χ2v) is 4.43. The van der Waals surface area contributed by atoms with Gasteiger partial charge in [-0.1, -0.05) is 53.0 Å². The van der Waals surface area contributed by atoms with Crippen molar-refractivity contribution < 1.29 is 5.11 Å². The van der Waals surface area contributed by atoms with E-state index in [1.165, 1.54) is 0 Å². The van der Waals surface area contributed by atoms with Gasteiger partial charge in [0, 0.05) is 5.56 Å². The van der Waals surface area contributed by atoms with Crippen LogP contribution in [0.25, 0.3) is 11.1 Å². The molecule has 0 bridgehead atoms. The van der Waals surface area contributed by atoms with Gasteiger partial charge in [0.15, 0.2) is 0 Å². The lowest BCUT2D eigenvalue weighted by Crippen LogP contribution is -1.81. The van der Waals surface area contributed by atoms with E-state index in [0.717, 1.165) is 11.1 Å². The molecular formula is C12H7Cl3O. The number of halogens is 3. The van der Waals surface area contributed by atoms with Gasteiger partial charge >= 0.3 is 0 Å². The van der Waals surface area contributed by atoms with Gasteiger partial charge in [0.2, 0.25) is 0 Å². The summed E-state index contributed by atoms with van der Waals surface area (Å²) in [5.41, 5.74) is 1.66. The Kier molecular flexibility index (Phi) is 3.29. The minimum absolute atomic E-state index is 0.208. The lowest BCUT2D eigenvalue weighted by atomic mass is 10.1. The fourth-order valence-electron chi connectivity index (χ4n) is 1.39. The van der Waals surface area contributed by atoms with Gasteiger partial charge in [0.05, 0.1) is 15.1 Å². The smallest absolute Gasteiger partial charge is 0.115 e. The highest BCUT2D eigenvalue weighted by atomic mass is 35.5. The summed E-state index contributed by atoms with van der Waals surface area (Å²) >= 11 is 17.9. The van der Waals surface area contributed by atoms with Crippen molar-refractivity contribution in [2.24, 2.45) is 0 Å². The molecule has 2 aromatic carbocycles. The molecule has 0 saturated carbocycles. The average Bonchev–Trinajstić information content (AvgIpc) is 2.28. The topological polar surface area (TPSA) is 20.2 Å². The summed E-state index contributed by atoms with van der Waals surface area (Å²) in [6.07, 6.45) is 0. The Morgan fingerprint density at radius 1 is 0.750 bits per heavy atom. The molecule has 0 atom stereocenters. The summed E-state index contributed by atoms with van der Waals surface area (Å²) in [6.45, 7) is 0. The van der Waals surface area contributed by atoms with Crippen LogP contribution in [0.4, 0.5) is 0 Å². The molecule has 2 aromatic rings. The Morgan fingerprint density at radius 2 is 1.38 bits per heavy atom. The molecule has 0 aromatic heterocycles. The Labute approximate surface area is 108 Å². The zero-order valence-electron chi connectivity index (χ0n) is 8.05. The van der Waals surface area contributed by atoms with Gasteiger partial charge < -0.3 is 5.11 Å². The molecule has 1 nitrogen and oxygen atoms in total. The summed E-state index contributed by atoms with van der Waals surface area (Å²) < 4.78 is 0. The van der Waals surface area contributed by atoms with Crippen LogP contribution < -0.4 is 0 Å². The minimum atomic E-state index is 0.208. The molecule has 0 fully saturated rings. The number of hydrogen-bond donors (Lipinski definition) is 1. The van der Waals surface area contributed by atoms with Crippen LogP contribution in [0.3, 0.4) is 0 Å². The van der Waals surface area contributed by atoms with Crippen LogP contribution in [-0.2, 0) is 0 Å². The van der Waals surface area contributed by atoms with E-state index in [-0.39, 0.29) is 5.75 Å². The second-order valence-electron chi connectivity index (χ2n) is 3.27. The predicted molar refractivity (Wildman–Crippen MR) is 68.6 cm³/mol. The van der Waals surface area contributed by atoms with Crippen LogP contribution >= 0.6 is 34.8 Å². The third-order valence-electron chi connectivity index (χ3n) is 2.21. The van der Waals surface area contributed by atoms with E-state index in [1.807, 2.05) is 0 Å². The highest BCUT2D eigenvalue weighted by Gasteiger charge is 2.10. The Bertz CT molecular complexity index is 521. The third kappa shape index (κ3) is 2.12. The second kappa shape index (κ2) is 4.54. The molecule has 0 heterocycles. The lowest BCUT2D eigenvalue weighted by Gasteiger charge is -2.07. The van der Waals surface area contributed by atoms with Crippen molar-refractivity contribution in [3.63, 3.8) is 0 Å². The van der Waals surface area contributed by atoms with E-state index in [4.69, 9.17) is 34.8 Å². The number of hydrogen-bond acceptors (Lipinski definition) is 1. The Morgan fingerprint density at radius 3 is 2.00 bits per heavy atom. The van der Waals surface area contributed by atoms with Crippen molar-refractivity contribution in [3.8, 4) is 16.9 Å². The Balaban J connectivity index is 2.57. The van der Waals surface area contributed by atoms with E-state index in [0.29, 0.717) is 15.1 Å². The van der Waals surface area contributed by atoms with Crippen molar-refractivity contribution in [1.29, 1.82) is 0 Å². The van der Waals surface area contributed by atoms with E-state index < -0.39 is 0 Å². The zero-order valence-corrected chi connectivity index (χ0v) is 10.3. The maximum atomic E-state index is 9.19. The molecule has 0 amide bonds. The fraction of sp³-hybridized carbons (Fsp3) is 0. The molecule has 16 heavy (non-hydrogen) atoms. The Hall–Kier alpha value is -0.890. The molecule has 0 radical (unpaired) electrons. The highest BCUT2D eigenvalue weighted by molar-refractivity contribution is 6.49. The van der Waals surface area contributed by atoms with Crippen molar-refractivity contribution in [2.45, 2.75) is 0 Å². The molecule has 1 N–H and O–H groups in total. The zero-order chi connectivity index (χ0) is 11.7. The quantitative estimate of drug-likeness (QED) is 0.723. The third-order valence-corrected chi connectivity index (χ3v) is 3.51. The summed E-state index contributed by atoms with van der Waals surface area (Å²) in [6, 6.07) is 10.2. The van der Waals surface area contributed by atoms with Gasteiger partial charge in [-0.3, -0.25) is 0 Å². The predicted octanol–water partition coefficient (Wildman–Crippen LogP) is 5.02. The first kappa shape index (κ1) is 11.6. The van der Waals surface area contributed by atoms with Crippen LogP contribution in [0, 0.1) is 0 Å². The molecule has 0 aliphatic carbocycles. The summed E-state index contributed by atoms with van der Waals surface area (Å²) in [5, 5.41) is 10.4. The standard InChI is InChI=1S/C12H7Cl3O/c13-10-6-5-9(11(14)12(10)15)7-1-3-8(16)4-2-7/h1-6,16H. The lowest BCUT2D eigenvalue weighted by molar-refractivity contribution is 0.475. The van der Waals surface area contributed by atoms with Crippen molar-refractivity contribution in [3.05, 3.63) is 51.5 Å². The van der Waals surface area contributed by atoms with Crippen molar-refractivity contribution in [1.82, 2.24) is 0 Å². The van der Waals surface area contributed by atoms with E-state index in [9.17, 15) is 5.11 Å². The van der Waals surface area contributed by atoms with Gasteiger partial charge in [0.25, 0.3) is 0 Å². The summed E-state index contributed by atoms with van der Waals surface area (Å²) in [5.74, 6) is 0.208. The molecule has 82 valence electrons. The van der Waals surface area contributed by atoms with Gasteiger partial charge in [-0.25, -0.2) is 0 Å². The van der Waals surface area contributed by atoms with Crippen LogP contribution in [-0.4, -0.2) is 5.11 Å². The largest absolute Gasteiger partial charge is 0.508 e. The van der Waals surface area contributed by atoms with Crippen LogP contribution in [0.5, 0.6) is 5.75 Å². The van der Waals surface area contributed by atoms with E-state index in [1.54, 1.807) is 36.4 Å². The van der Waals surface area contributed by atoms with Crippen LogP contribution in [0.15, 0.2) is 36.4 Å². The first-order valence-corrected chi connectivity index (χ1v) is 5.66. The van der Waals surface area contributed by atoms with E-state index >= 15 is 0 Å². The molecule has 0 aliphatic rings. The molecule has 2 rings (SSSR count). The average molecular weight is 274 g/mol. The molecule has 0 spiro atoms. The number of rotatable bonds is 1. The van der Waals surface area contributed by atoms with Gasteiger partial charge in [-0.05, 0) is 23.8 Å². The normalized spacial score (nSPS) is 10.4. The monoisotopic (exact) mass is 272 g/mol. The summed E-state index contributed by atoms with van der Waals surface area (Å²) in [4.78, 5) is 0. The van der Waals surface area contributed by atoms with Crippen molar-refractivity contribution >= 4 is 34.8 Å². The number of aromatic hydroxyl groups is 1. The number of benzene rings is 2. The molecule has 0 saturated heterocycles. The summed E-state index contributed by atoms with van der Waals surface area (Å²) in [7, 11) is 0. The molecular weight excluding hydrogens is 266 g/mol. The van der Waals surface area contributed by atoms with Crippen LogP contribution in [0.2, 0.25) is 15.1 Å². The maximum Gasteiger partial charge on any atom is 0.115 e. The van der Waals surface area contributed by atoms with Crippen molar-refractivity contribution in [2.75, 3.05) is 0 Å². The van der Waals surface area contributed by atoms with Gasteiger partial charge in [0.1, 0.15) is 5.75 Å². The van der Waals surface area contributed by atoms with E-state index in [2.05, 4.69) is 0 Å². The number of phenolic OH excluding ortho intramolecular Hbond substituents is 1. The maximum absolute atomic E-state index is 9.19. The van der Waals surface area contributed by atoms with Gasteiger partial charge in [-0.2, -0.15) is 0 Å². The SMILES string of the molecule is Oc1ccc(-c2ccc(Cl)c(Cl)c2Cl)cc1. The van der Waals surface area contributed by atoms with Gasteiger partial charge in [-0.15, -0.1) is 0 Å². The first-order valence-electron chi connectivity index (χ1n) is 4.52. The molecule has 0 aliphatic heterocycles.